The number of carbonyl (C=O) groups excluding carboxylic acids is 2. The number of hydrogen-bond donors (Lipinski definition) is 2. The summed E-state index contributed by atoms with van der Waals surface area (Å²) in [6.45, 7) is 3.98. The van der Waals surface area contributed by atoms with E-state index in [1.807, 2.05) is 6.92 Å². The van der Waals surface area contributed by atoms with Crippen LogP contribution in [-0.4, -0.2) is 26.6 Å². The second-order valence-electron chi connectivity index (χ2n) is 7.35. The number of anilines is 1. The molecule has 0 spiro atoms. The number of aryl methyl sites for hydroxylation is 2. The van der Waals surface area contributed by atoms with Crippen LogP contribution in [0.5, 0.6) is 0 Å². The Bertz CT molecular complexity index is 1420. The van der Waals surface area contributed by atoms with E-state index in [2.05, 4.69) is 15.4 Å². The van der Waals surface area contributed by atoms with E-state index in [1.165, 1.54) is 18.3 Å². The topological polar surface area (TPSA) is 103 Å². The third-order valence-electron chi connectivity index (χ3n) is 5.09. The smallest absolute Gasteiger partial charge is 0.365 e. The predicted molar refractivity (Wildman–Crippen MR) is 119 cm³/mol. The number of primary amides is 1. The summed E-state index contributed by atoms with van der Waals surface area (Å²) in [5.74, 6) is -2.15. The molecule has 7 nitrogen and oxygen atoms in total. The van der Waals surface area contributed by atoms with Gasteiger partial charge in [-0.15, -0.1) is 11.3 Å². The Morgan fingerprint density at radius 3 is 2.44 bits per heavy atom. The van der Waals surface area contributed by atoms with Gasteiger partial charge in [-0.25, -0.2) is 9.37 Å². The number of carbonyl (C=O) groups is 2. The van der Waals surface area contributed by atoms with Crippen molar-refractivity contribution in [1.29, 1.82) is 0 Å². The number of pyridine rings is 1. The lowest BCUT2D eigenvalue weighted by Gasteiger charge is -2.12. The lowest BCUT2D eigenvalue weighted by atomic mass is 10.0. The standard InChI is InChI=1S/C22H17F4N5O2S/c1-3-31-9-14(10(2)30-31)20(33)29-17-16-13(11-4-6-12(23)7-5-11)8-15(22(24,25)26)28-21(16)34-18(17)19(27)32/h4-9H,3H2,1-2H3,(H2,27,32)(H,29,33). The minimum atomic E-state index is -4.78. The number of nitrogens with one attached hydrogen (secondary N) is 1. The van der Waals surface area contributed by atoms with E-state index in [0.717, 1.165) is 18.2 Å². The number of hydrogen-bond acceptors (Lipinski definition) is 5. The fraction of sp³-hybridized carbons (Fsp3) is 0.182. The van der Waals surface area contributed by atoms with Gasteiger partial charge in [0.25, 0.3) is 11.8 Å². The Kier molecular flexibility index (Phi) is 5.86. The van der Waals surface area contributed by atoms with Crippen molar-refractivity contribution in [2.45, 2.75) is 26.6 Å². The number of benzene rings is 1. The third-order valence-corrected chi connectivity index (χ3v) is 6.18. The van der Waals surface area contributed by atoms with Gasteiger partial charge in [-0.05, 0) is 43.2 Å². The second-order valence-corrected chi connectivity index (χ2v) is 8.35. The Morgan fingerprint density at radius 2 is 1.88 bits per heavy atom. The van der Waals surface area contributed by atoms with Gasteiger partial charge in [0.15, 0.2) is 0 Å². The zero-order valence-electron chi connectivity index (χ0n) is 17.8. The molecule has 0 unspecified atom stereocenters. The maximum atomic E-state index is 13.6. The van der Waals surface area contributed by atoms with Crippen LogP contribution in [0.2, 0.25) is 0 Å². The van der Waals surface area contributed by atoms with E-state index in [1.54, 1.807) is 11.6 Å². The molecule has 0 fully saturated rings. The molecular formula is C22H17F4N5O2S. The normalized spacial score (nSPS) is 11.7. The molecule has 34 heavy (non-hydrogen) atoms. The number of amides is 2. The molecule has 3 heterocycles. The van der Waals surface area contributed by atoms with Crippen LogP contribution in [0.4, 0.5) is 23.2 Å². The van der Waals surface area contributed by atoms with Gasteiger partial charge >= 0.3 is 6.18 Å². The van der Waals surface area contributed by atoms with E-state index >= 15 is 0 Å². The first-order valence-electron chi connectivity index (χ1n) is 9.95. The summed E-state index contributed by atoms with van der Waals surface area (Å²) in [6.07, 6.45) is -3.26. The molecule has 0 saturated heterocycles. The second kappa shape index (κ2) is 8.52. The van der Waals surface area contributed by atoms with Crippen molar-refractivity contribution in [3.63, 3.8) is 0 Å². The molecule has 0 radical (unpaired) electrons. The van der Waals surface area contributed by atoms with Crippen LogP contribution < -0.4 is 11.1 Å². The van der Waals surface area contributed by atoms with Crippen molar-refractivity contribution in [3.8, 4) is 11.1 Å². The summed E-state index contributed by atoms with van der Waals surface area (Å²) in [4.78, 5) is 28.6. The van der Waals surface area contributed by atoms with Gasteiger partial charge in [0.05, 0.1) is 16.9 Å². The van der Waals surface area contributed by atoms with Crippen molar-refractivity contribution in [3.05, 3.63) is 64.2 Å². The molecule has 12 heteroatoms. The van der Waals surface area contributed by atoms with Crippen molar-refractivity contribution in [1.82, 2.24) is 14.8 Å². The van der Waals surface area contributed by atoms with Crippen LogP contribution in [-0.2, 0) is 12.7 Å². The van der Waals surface area contributed by atoms with Gasteiger partial charge in [-0.1, -0.05) is 12.1 Å². The summed E-state index contributed by atoms with van der Waals surface area (Å²) in [5, 5.41) is 6.91. The largest absolute Gasteiger partial charge is 0.433 e. The zero-order valence-corrected chi connectivity index (χ0v) is 18.6. The van der Waals surface area contributed by atoms with Gasteiger partial charge in [0, 0.05) is 18.1 Å². The Morgan fingerprint density at radius 1 is 1.21 bits per heavy atom. The molecule has 3 aromatic heterocycles. The quantitative estimate of drug-likeness (QED) is 0.384. The molecule has 3 N–H and O–H groups in total. The van der Waals surface area contributed by atoms with Crippen LogP contribution >= 0.6 is 11.3 Å². The fourth-order valence-corrected chi connectivity index (χ4v) is 4.48. The minimum absolute atomic E-state index is 0.0114. The first kappa shape index (κ1) is 23.4. The van der Waals surface area contributed by atoms with E-state index < -0.39 is 29.5 Å². The number of aromatic nitrogens is 3. The summed E-state index contributed by atoms with van der Waals surface area (Å²) in [5.41, 5.74) is 5.11. The highest BCUT2D eigenvalue weighted by atomic mass is 32.1. The third kappa shape index (κ3) is 4.23. The fourth-order valence-electron chi connectivity index (χ4n) is 3.48. The van der Waals surface area contributed by atoms with Crippen LogP contribution in [0.1, 0.15) is 38.3 Å². The molecule has 4 rings (SSSR count). The lowest BCUT2D eigenvalue weighted by molar-refractivity contribution is -0.140. The number of thiophene rings is 1. The summed E-state index contributed by atoms with van der Waals surface area (Å²) in [7, 11) is 0. The first-order valence-corrected chi connectivity index (χ1v) is 10.8. The molecule has 0 aliphatic rings. The number of alkyl halides is 3. The van der Waals surface area contributed by atoms with Gasteiger partial charge < -0.3 is 11.1 Å². The number of rotatable bonds is 5. The SMILES string of the molecule is CCn1cc(C(=O)Nc2c(C(N)=O)sc3nc(C(F)(F)F)cc(-c4ccc(F)cc4)c23)c(C)n1. The minimum Gasteiger partial charge on any atom is -0.365 e. The molecule has 0 atom stereocenters. The van der Waals surface area contributed by atoms with E-state index in [9.17, 15) is 27.2 Å². The molecule has 176 valence electrons. The number of halogens is 4. The molecule has 4 aromatic rings. The Labute approximate surface area is 194 Å². The maximum absolute atomic E-state index is 13.6. The van der Waals surface area contributed by atoms with Crippen LogP contribution in [0.25, 0.3) is 21.3 Å². The van der Waals surface area contributed by atoms with Crippen LogP contribution in [0.15, 0.2) is 36.5 Å². The van der Waals surface area contributed by atoms with Crippen molar-refractivity contribution >= 4 is 39.1 Å². The van der Waals surface area contributed by atoms with Crippen molar-refractivity contribution in [2.24, 2.45) is 5.73 Å². The van der Waals surface area contributed by atoms with Crippen LogP contribution in [0, 0.1) is 12.7 Å². The van der Waals surface area contributed by atoms with Gasteiger partial charge in [-0.2, -0.15) is 18.3 Å². The highest BCUT2D eigenvalue weighted by Crippen LogP contribution is 2.43. The number of fused-ring (bicyclic) bond motifs is 1. The molecule has 0 aliphatic heterocycles. The van der Waals surface area contributed by atoms with Gasteiger partial charge in [0.2, 0.25) is 0 Å². The highest BCUT2D eigenvalue weighted by Gasteiger charge is 2.35. The molecule has 0 bridgehead atoms. The summed E-state index contributed by atoms with van der Waals surface area (Å²) in [6, 6.07) is 5.58. The van der Waals surface area contributed by atoms with E-state index in [4.69, 9.17) is 5.73 Å². The highest BCUT2D eigenvalue weighted by molar-refractivity contribution is 7.21. The lowest BCUT2D eigenvalue weighted by Crippen LogP contribution is -2.17. The maximum Gasteiger partial charge on any atom is 0.433 e. The Balaban J connectivity index is 1.97. The summed E-state index contributed by atoms with van der Waals surface area (Å²) >= 11 is 0.630. The molecule has 0 saturated carbocycles. The molecular weight excluding hydrogens is 474 g/mol. The molecule has 1 aromatic carbocycles. The molecule has 2 amide bonds. The number of nitrogens with two attached hydrogens (primary N) is 1. The first-order chi connectivity index (χ1) is 16.0. The van der Waals surface area contributed by atoms with Gasteiger partial charge in [-0.3, -0.25) is 14.3 Å². The zero-order chi connectivity index (χ0) is 24.8. The summed E-state index contributed by atoms with van der Waals surface area (Å²) < 4.78 is 55.7. The van der Waals surface area contributed by atoms with Crippen LogP contribution in [0.3, 0.4) is 0 Å². The average Bonchev–Trinajstić information content (AvgIpc) is 3.33. The Hall–Kier alpha value is -3.80. The monoisotopic (exact) mass is 491 g/mol. The average molecular weight is 491 g/mol. The van der Waals surface area contributed by atoms with Gasteiger partial charge in [0.1, 0.15) is 21.2 Å². The number of nitrogens with zero attached hydrogens (tertiary/aromatic N) is 3. The predicted octanol–water partition coefficient (Wildman–Crippen LogP) is 5.00. The van der Waals surface area contributed by atoms with Crippen molar-refractivity contribution < 1.29 is 27.2 Å². The van der Waals surface area contributed by atoms with E-state index in [-0.39, 0.29) is 37.5 Å². The van der Waals surface area contributed by atoms with Crippen molar-refractivity contribution in [2.75, 3.05) is 5.32 Å². The molecule has 0 aliphatic carbocycles. The van der Waals surface area contributed by atoms with E-state index in [0.29, 0.717) is 23.6 Å².